The molecule has 1 heterocycles. The Morgan fingerprint density at radius 2 is 1.71 bits per heavy atom. The third kappa shape index (κ3) is 4.09. The van der Waals surface area contributed by atoms with Crippen molar-refractivity contribution in [2.24, 2.45) is 0 Å². The van der Waals surface area contributed by atoms with Crippen LogP contribution in [0.2, 0.25) is 0 Å². The topological polar surface area (TPSA) is 133 Å². The molecule has 1 amide bonds. The summed E-state index contributed by atoms with van der Waals surface area (Å²) in [5.74, 6) is -3.34. The predicted octanol–water partition coefficient (Wildman–Crippen LogP) is 1.76. The maximum Gasteiger partial charge on any atom is 0.335 e. The second kappa shape index (κ2) is 7.39. The lowest BCUT2D eigenvalue weighted by molar-refractivity contribution is -0.133. The number of carbonyl (C=O) groups is 4. The molecule has 0 aliphatic carbocycles. The number of fused-ring (bicyclic) bond motifs is 1. The summed E-state index contributed by atoms with van der Waals surface area (Å²) >= 11 is 0. The van der Waals surface area contributed by atoms with Gasteiger partial charge in [0, 0.05) is 5.69 Å². The van der Waals surface area contributed by atoms with Crippen molar-refractivity contribution < 1.29 is 34.1 Å². The minimum Gasteiger partial charge on any atom is -0.478 e. The molecule has 28 heavy (non-hydrogen) atoms. The summed E-state index contributed by atoms with van der Waals surface area (Å²) in [6, 6.07) is 8.52. The minimum atomic E-state index is -1.32. The largest absolute Gasteiger partial charge is 0.478 e. The summed E-state index contributed by atoms with van der Waals surface area (Å²) in [4.78, 5) is 48.1. The minimum absolute atomic E-state index is 0.0337. The molecule has 0 saturated carbocycles. The van der Waals surface area contributed by atoms with Gasteiger partial charge in [0.1, 0.15) is 6.54 Å². The molecule has 2 aromatic carbocycles. The zero-order valence-electron chi connectivity index (χ0n) is 14.8. The normalized spacial score (nSPS) is 12.8. The van der Waals surface area contributed by atoms with Crippen LogP contribution in [0.5, 0.6) is 5.75 Å². The molecule has 0 aromatic heterocycles. The summed E-state index contributed by atoms with van der Waals surface area (Å²) < 4.78 is 5.16. The van der Waals surface area contributed by atoms with Crippen LogP contribution >= 0.6 is 0 Å². The zero-order valence-corrected chi connectivity index (χ0v) is 14.8. The zero-order chi connectivity index (χ0) is 20.4. The molecule has 1 aliphatic heterocycles. The van der Waals surface area contributed by atoms with E-state index in [1.807, 2.05) is 6.92 Å². The summed E-state index contributed by atoms with van der Waals surface area (Å²) in [6.07, 6.45) is 0. The summed E-state index contributed by atoms with van der Waals surface area (Å²) in [5, 5.41) is 20.7. The second-order valence-corrected chi connectivity index (χ2v) is 6.26. The molecule has 1 aliphatic rings. The molecule has 0 spiro atoms. The number of benzene rings is 2. The lowest BCUT2D eigenvalue weighted by Gasteiger charge is -2.29. The Bertz CT molecular complexity index is 968. The van der Waals surface area contributed by atoms with E-state index in [0.29, 0.717) is 11.4 Å². The van der Waals surface area contributed by atoms with Gasteiger partial charge in [-0.1, -0.05) is 6.07 Å². The molecule has 3 N–H and O–H groups in total. The fourth-order valence-corrected chi connectivity index (χ4v) is 2.82. The van der Waals surface area contributed by atoms with Crippen molar-refractivity contribution in [1.82, 2.24) is 0 Å². The van der Waals surface area contributed by atoms with Crippen molar-refractivity contribution >= 4 is 35.2 Å². The molecule has 0 saturated heterocycles. The molecule has 0 unspecified atom stereocenters. The van der Waals surface area contributed by atoms with E-state index in [1.54, 1.807) is 18.2 Å². The maximum atomic E-state index is 12.4. The summed E-state index contributed by atoms with van der Waals surface area (Å²) in [7, 11) is 0. The average Bonchev–Trinajstić information content (AvgIpc) is 2.61. The van der Waals surface area contributed by atoms with E-state index in [9.17, 15) is 19.2 Å². The van der Waals surface area contributed by atoms with Gasteiger partial charge in [-0.25, -0.2) is 14.4 Å². The molecular weight excluding hydrogens is 368 g/mol. The average molecular weight is 384 g/mol. The monoisotopic (exact) mass is 384 g/mol. The Balaban J connectivity index is 1.82. The van der Waals surface area contributed by atoms with Gasteiger partial charge in [-0.15, -0.1) is 0 Å². The number of ether oxygens (including phenoxy) is 1. The first-order valence-electron chi connectivity index (χ1n) is 8.21. The van der Waals surface area contributed by atoms with Crippen LogP contribution in [0.4, 0.5) is 11.4 Å². The fourth-order valence-electron chi connectivity index (χ4n) is 2.82. The van der Waals surface area contributed by atoms with E-state index in [1.165, 1.54) is 4.90 Å². The molecule has 9 heteroatoms. The summed E-state index contributed by atoms with van der Waals surface area (Å²) in [5.41, 5.74) is 1.00. The number of amides is 1. The third-order valence-electron chi connectivity index (χ3n) is 4.04. The Morgan fingerprint density at radius 1 is 1.07 bits per heavy atom. The lowest BCUT2D eigenvalue weighted by Crippen LogP contribution is -2.41. The Hall–Kier alpha value is -3.88. The van der Waals surface area contributed by atoms with Gasteiger partial charge in [0.15, 0.2) is 5.75 Å². The number of nitrogens with one attached hydrogen (secondary N) is 1. The highest BCUT2D eigenvalue weighted by molar-refractivity contribution is 6.00. The van der Waals surface area contributed by atoms with Crippen LogP contribution < -0.4 is 15.0 Å². The van der Waals surface area contributed by atoms with Crippen molar-refractivity contribution in [1.29, 1.82) is 0 Å². The number of hydrogen-bond donors (Lipinski definition) is 3. The van der Waals surface area contributed by atoms with Crippen molar-refractivity contribution in [2.75, 3.05) is 23.3 Å². The van der Waals surface area contributed by atoms with Gasteiger partial charge in [-0.2, -0.15) is 0 Å². The van der Waals surface area contributed by atoms with Gasteiger partial charge in [0.2, 0.25) is 5.91 Å². The van der Waals surface area contributed by atoms with Crippen LogP contribution in [0.15, 0.2) is 36.4 Å². The van der Waals surface area contributed by atoms with Crippen LogP contribution in [0, 0.1) is 6.92 Å². The smallest absolute Gasteiger partial charge is 0.335 e. The number of carbonyl (C=O) groups excluding carboxylic acids is 2. The molecule has 0 radical (unpaired) electrons. The van der Waals surface area contributed by atoms with Crippen LogP contribution in [-0.4, -0.2) is 47.1 Å². The number of nitrogens with zero attached hydrogens (tertiary/aromatic N) is 1. The van der Waals surface area contributed by atoms with Gasteiger partial charge in [-0.05, 0) is 42.8 Å². The Labute approximate surface area is 159 Å². The number of carboxylic acid groups (broad SMARTS) is 2. The third-order valence-corrected chi connectivity index (χ3v) is 4.04. The van der Waals surface area contributed by atoms with Crippen molar-refractivity contribution in [2.45, 2.75) is 6.92 Å². The molecule has 0 fully saturated rings. The molecule has 0 bridgehead atoms. The van der Waals surface area contributed by atoms with E-state index in [2.05, 4.69) is 5.32 Å². The van der Waals surface area contributed by atoms with Crippen LogP contribution in [0.1, 0.15) is 26.3 Å². The highest BCUT2D eigenvalue weighted by atomic mass is 16.5. The van der Waals surface area contributed by atoms with Gasteiger partial charge in [0.05, 0.1) is 23.4 Å². The highest BCUT2D eigenvalue weighted by Crippen LogP contribution is 2.32. The number of carboxylic acids is 2. The molecule has 3 rings (SSSR count). The van der Waals surface area contributed by atoms with E-state index in [0.717, 1.165) is 23.8 Å². The molecule has 2 aromatic rings. The lowest BCUT2D eigenvalue weighted by atomic mass is 10.1. The van der Waals surface area contributed by atoms with Crippen molar-refractivity contribution in [3.8, 4) is 5.75 Å². The van der Waals surface area contributed by atoms with Crippen molar-refractivity contribution in [3.63, 3.8) is 0 Å². The van der Waals surface area contributed by atoms with Crippen LogP contribution in [0.25, 0.3) is 0 Å². The maximum absolute atomic E-state index is 12.4. The SMILES string of the molecule is Cc1ccc2c(c1)N(CC(=O)Nc1cc(C(=O)O)cc(C(=O)O)c1)CC(=O)O2. The molecular formula is C19H16N2O7. The van der Waals surface area contributed by atoms with Gasteiger partial charge >= 0.3 is 17.9 Å². The van der Waals surface area contributed by atoms with Gasteiger partial charge < -0.3 is 25.2 Å². The predicted molar refractivity (Wildman–Crippen MR) is 98.0 cm³/mol. The standard InChI is InChI=1S/C19H16N2O7/c1-10-2-3-15-14(4-10)21(9-17(23)28-15)8-16(22)20-13-6-11(18(24)25)5-12(7-13)19(26)27/h2-7H,8-9H2,1H3,(H,20,22)(H,24,25)(H,26,27). The van der Waals surface area contributed by atoms with E-state index in [-0.39, 0.29) is 29.9 Å². The van der Waals surface area contributed by atoms with E-state index in [4.69, 9.17) is 14.9 Å². The van der Waals surface area contributed by atoms with Gasteiger partial charge in [0.25, 0.3) is 0 Å². The quantitative estimate of drug-likeness (QED) is 0.524. The summed E-state index contributed by atoms with van der Waals surface area (Å²) in [6.45, 7) is 1.53. The fraction of sp³-hybridized carbons (Fsp3) is 0.158. The number of aromatic carboxylic acids is 2. The second-order valence-electron chi connectivity index (χ2n) is 6.26. The van der Waals surface area contributed by atoms with Crippen LogP contribution in [-0.2, 0) is 9.59 Å². The van der Waals surface area contributed by atoms with Crippen LogP contribution in [0.3, 0.4) is 0 Å². The number of anilines is 2. The first-order valence-corrected chi connectivity index (χ1v) is 8.21. The van der Waals surface area contributed by atoms with E-state index < -0.39 is 23.8 Å². The van der Waals surface area contributed by atoms with Gasteiger partial charge in [-0.3, -0.25) is 4.79 Å². The highest BCUT2D eigenvalue weighted by Gasteiger charge is 2.26. The number of esters is 1. The first-order chi connectivity index (χ1) is 13.2. The Morgan fingerprint density at radius 3 is 2.32 bits per heavy atom. The van der Waals surface area contributed by atoms with E-state index >= 15 is 0 Å². The first kappa shape index (κ1) is 18.9. The molecule has 9 nitrogen and oxygen atoms in total. The number of rotatable bonds is 5. The Kier molecular flexibility index (Phi) is 4.99. The number of aryl methyl sites for hydroxylation is 1. The molecule has 144 valence electrons. The van der Waals surface area contributed by atoms with Crippen molar-refractivity contribution in [3.05, 3.63) is 53.1 Å². The number of hydrogen-bond acceptors (Lipinski definition) is 6. The molecule has 0 atom stereocenters.